The number of benzene rings is 2. The van der Waals surface area contributed by atoms with E-state index >= 15 is 0 Å². The average Bonchev–Trinajstić information content (AvgIpc) is 3.20. The molecule has 2 aliphatic rings. The van der Waals surface area contributed by atoms with E-state index in [0.717, 1.165) is 34.3 Å². The Morgan fingerprint density at radius 1 is 0.958 bits per heavy atom. The molecule has 2 unspecified atom stereocenters. The molecule has 2 aromatic rings. The smallest absolute Gasteiger partial charge is 0.131 e. The molecule has 2 aliphatic carbocycles. The molecule has 0 saturated heterocycles. The summed E-state index contributed by atoms with van der Waals surface area (Å²) in [7, 11) is 0. The van der Waals surface area contributed by atoms with E-state index in [1.165, 1.54) is 24.0 Å². The lowest BCUT2D eigenvalue weighted by Gasteiger charge is -2.25. The molecule has 2 N–H and O–H groups in total. The lowest BCUT2D eigenvalue weighted by atomic mass is 9.86. The molecule has 2 aromatic carbocycles. The molecule has 1 saturated carbocycles. The molecule has 0 spiro atoms. The first-order chi connectivity index (χ1) is 11.8. The molecule has 128 valence electrons. The van der Waals surface area contributed by atoms with Crippen LogP contribution in [0.4, 0.5) is 0 Å². The lowest BCUT2D eigenvalue weighted by molar-refractivity contribution is 0.198. The van der Waals surface area contributed by atoms with Crippen LogP contribution in [0.2, 0.25) is 0 Å². The van der Waals surface area contributed by atoms with Crippen molar-refractivity contribution in [3.05, 3.63) is 34.9 Å². The van der Waals surface area contributed by atoms with E-state index < -0.39 is 0 Å². The Hall–Kier alpha value is -1.78. The van der Waals surface area contributed by atoms with Crippen LogP contribution in [-0.2, 0) is 0 Å². The number of hydrogen-bond donors (Lipinski definition) is 2. The van der Waals surface area contributed by atoms with Crippen LogP contribution in [0.3, 0.4) is 0 Å². The zero-order valence-corrected chi connectivity index (χ0v) is 14.0. The average molecular weight is 328 g/mol. The van der Waals surface area contributed by atoms with Crippen molar-refractivity contribution in [3.8, 4) is 11.5 Å². The van der Waals surface area contributed by atoms with E-state index in [0.29, 0.717) is 25.0 Å². The molecule has 4 rings (SSSR count). The number of aliphatic hydroxyl groups excluding tert-OH is 2. The monoisotopic (exact) mass is 328 g/mol. The molecular weight excluding hydrogens is 304 g/mol. The van der Waals surface area contributed by atoms with Gasteiger partial charge < -0.3 is 19.7 Å². The summed E-state index contributed by atoms with van der Waals surface area (Å²) in [6.45, 7) is 2.73. The molecule has 0 radical (unpaired) electrons. The van der Waals surface area contributed by atoms with Gasteiger partial charge in [-0.15, -0.1) is 0 Å². The molecule has 0 aromatic heterocycles. The number of ether oxygens (including phenoxy) is 2. The predicted octanol–water partition coefficient (Wildman–Crippen LogP) is 3.26. The highest BCUT2D eigenvalue weighted by Gasteiger charge is 2.42. The molecule has 2 bridgehead atoms. The molecule has 0 aliphatic heterocycles. The van der Waals surface area contributed by atoms with Crippen molar-refractivity contribution in [2.75, 3.05) is 26.4 Å². The standard InChI is InChI=1S/C20H24O4/c1-12-3-2-4-15-16(12)20(24-10-8-22)18-14-6-5-13(11-14)17(18)19(15)23-9-7-21/h2-4,13-14,21-22H,5-11H2,1H3. The van der Waals surface area contributed by atoms with Crippen LogP contribution >= 0.6 is 0 Å². The number of aryl methyl sites for hydroxylation is 1. The van der Waals surface area contributed by atoms with E-state index in [2.05, 4.69) is 19.1 Å². The lowest BCUT2D eigenvalue weighted by Crippen LogP contribution is -2.11. The van der Waals surface area contributed by atoms with E-state index in [1.807, 2.05) is 6.07 Å². The Morgan fingerprint density at radius 3 is 2.25 bits per heavy atom. The van der Waals surface area contributed by atoms with Crippen molar-refractivity contribution < 1.29 is 19.7 Å². The van der Waals surface area contributed by atoms with Gasteiger partial charge in [-0.2, -0.15) is 0 Å². The van der Waals surface area contributed by atoms with E-state index in [1.54, 1.807) is 0 Å². The topological polar surface area (TPSA) is 58.9 Å². The number of aliphatic hydroxyl groups is 2. The number of rotatable bonds is 6. The first-order valence-electron chi connectivity index (χ1n) is 8.82. The van der Waals surface area contributed by atoms with Crippen LogP contribution in [0.1, 0.15) is 47.8 Å². The van der Waals surface area contributed by atoms with Crippen molar-refractivity contribution >= 4 is 10.8 Å². The summed E-state index contributed by atoms with van der Waals surface area (Å²) in [4.78, 5) is 0. The second-order valence-electron chi connectivity index (χ2n) is 6.83. The first-order valence-corrected chi connectivity index (χ1v) is 8.82. The summed E-state index contributed by atoms with van der Waals surface area (Å²) in [5.74, 6) is 2.93. The maximum Gasteiger partial charge on any atom is 0.131 e. The first kappa shape index (κ1) is 15.7. The van der Waals surface area contributed by atoms with Gasteiger partial charge >= 0.3 is 0 Å². The number of hydrogen-bond acceptors (Lipinski definition) is 4. The zero-order chi connectivity index (χ0) is 16.7. The maximum absolute atomic E-state index is 9.24. The molecule has 0 heterocycles. The minimum Gasteiger partial charge on any atom is -0.490 e. The Labute approximate surface area is 142 Å². The van der Waals surface area contributed by atoms with Crippen molar-refractivity contribution in [2.45, 2.75) is 38.0 Å². The summed E-state index contributed by atoms with van der Waals surface area (Å²) in [5.41, 5.74) is 3.72. The van der Waals surface area contributed by atoms with E-state index in [4.69, 9.17) is 9.47 Å². The molecule has 1 fully saturated rings. The van der Waals surface area contributed by atoms with Crippen LogP contribution in [0.5, 0.6) is 11.5 Å². The van der Waals surface area contributed by atoms with Gasteiger partial charge in [-0.05, 0) is 43.6 Å². The normalized spacial score (nSPS) is 21.3. The molecule has 24 heavy (non-hydrogen) atoms. The summed E-state index contributed by atoms with van der Waals surface area (Å²) in [5, 5.41) is 20.6. The van der Waals surface area contributed by atoms with Gasteiger partial charge in [-0.3, -0.25) is 0 Å². The van der Waals surface area contributed by atoms with Crippen molar-refractivity contribution in [1.29, 1.82) is 0 Å². The third-order valence-corrected chi connectivity index (χ3v) is 5.45. The van der Waals surface area contributed by atoms with Gasteiger partial charge in [0.1, 0.15) is 24.7 Å². The Kier molecular flexibility index (Phi) is 4.10. The van der Waals surface area contributed by atoms with Gasteiger partial charge in [-0.25, -0.2) is 0 Å². The fraction of sp³-hybridized carbons (Fsp3) is 0.500. The summed E-state index contributed by atoms with van der Waals surface area (Å²) in [6, 6.07) is 6.20. The third kappa shape index (κ3) is 2.28. The Morgan fingerprint density at radius 2 is 1.58 bits per heavy atom. The zero-order valence-electron chi connectivity index (χ0n) is 14.0. The predicted molar refractivity (Wildman–Crippen MR) is 93.2 cm³/mol. The van der Waals surface area contributed by atoms with Gasteiger partial charge in [0.05, 0.1) is 13.2 Å². The van der Waals surface area contributed by atoms with Crippen LogP contribution in [0.25, 0.3) is 10.8 Å². The third-order valence-electron chi connectivity index (χ3n) is 5.45. The van der Waals surface area contributed by atoms with Crippen LogP contribution in [0.15, 0.2) is 18.2 Å². The highest BCUT2D eigenvalue weighted by Crippen LogP contribution is 2.61. The highest BCUT2D eigenvalue weighted by molar-refractivity contribution is 5.99. The van der Waals surface area contributed by atoms with Crippen molar-refractivity contribution in [3.63, 3.8) is 0 Å². The second kappa shape index (κ2) is 6.26. The van der Waals surface area contributed by atoms with E-state index in [9.17, 15) is 10.2 Å². The molecule has 4 nitrogen and oxygen atoms in total. The largest absolute Gasteiger partial charge is 0.490 e. The van der Waals surface area contributed by atoms with Crippen molar-refractivity contribution in [1.82, 2.24) is 0 Å². The van der Waals surface area contributed by atoms with Crippen LogP contribution in [0, 0.1) is 6.92 Å². The van der Waals surface area contributed by atoms with Gasteiger partial charge in [0.15, 0.2) is 0 Å². The summed E-state index contributed by atoms with van der Waals surface area (Å²) >= 11 is 0. The minimum atomic E-state index is 0.0128. The molecule has 0 amide bonds. The van der Waals surface area contributed by atoms with Gasteiger partial charge in [-0.1, -0.05) is 18.2 Å². The van der Waals surface area contributed by atoms with Gasteiger partial charge in [0, 0.05) is 21.9 Å². The summed E-state index contributed by atoms with van der Waals surface area (Å²) < 4.78 is 12.1. The van der Waals surface area contributed by atoms with Gasteiger partial charge in [0.25, 0.3) is 0 Å². The molecular formula is C20H24O4. The molecule has 2 atom stereocenters. The Bertz CT molecular complexity index is 768. The van der Waals surface area contributed by atoms with Crippen LogP contribution in [-0.4, -0.2) is 36.6 Å². The second-order valence-corrected chi connectivity index (χ2v) is 6.83. The van der Waals surface area contributed by atoms with E-state index in [-0.39, 0.29) is 13.2 Å². The molecule has 4 heteroatoms. The highest BCUT2D eigenvalue weighted by atomic mass is 16.5. The summed E-state index contributed by atoms with van der Waals surface area (Å²) in [6.07, 6.45) is 3.56. The minimum absolute atomic E-state index is 0.0128. The quantitative estimate of drug-likeness (QED) is 0.854. The van der Waals surface area contributed by atoms with Crippen molar-refractivity contribution in [2.24, 2.45) is 0 Å². The SMILES string of the molecule is Cc1cccc2c(OCCO)c3c(c(OCCO)c12)C1CCC3C1. The van der Waals surface area contributed by atoms with Crippen LogP contribution < -0.4 is 9.47 Å². The Balaban J connectivity index is 2.01. The fourth-order valence-corrected chi connectivity index (χ4v) is 4.60. The number of fused-ring (bicyclic) bond motifs is 6. The van der Waals surface area contributed by atoms with Gasteiger partial charge in [0.2, 0.25) is 0 Å². The fourth-order valence-electron chi connectivity index (χ4n) is 4.60. The maximum atomic E-state index is 9.24.